The lowest BCUT2D eigenvalue weighted by Gasteiger charge is -2.32. The highest BCUT2D eigenvalue weighted by atomic mass is 16.5. The third kappa shape index (κ3) is 5.47. The van der Waals surface area contributed by atoms with Crippen molar-refractivity contribution in [1.29, 1.82) is 0 Å². The van der Waals surface area contributed by atoms with Gasteiger partial charge < -0.3 is 21.1 Å². The zero-order valence-corrected chi connectivity index (χ0v) is 17.3. The first-order valence-electron chi connectivity index (χ1n) is 10.8. The second kappa shape index (κ2) is 9.87. The molecule has 6 nitrogen and oxygen atoms in total. The van der Waals surface area contributed by atoms with Gasteiger partial charge in [-0.2, -0.15) is 0 Å². The molecule has 1 aromatic carbocycles. The van der Waals surface area contributed by atoms with Crippen LogP contribution in [0.4, 0.5) is 0 Å². The Bertz CT molecular complexity index is 734. The predicted octanol–water partition coefficient (Wildman–Crippen LogP) is 2.51. The average Bonchev–Trinajstić information content (AvgIpc) is 2.68. The summed E-state index contributed by atoms with van der Waals surface area (Å²) >= 11 is 0. The van der Waals surface area contributed by atoms with E-state index in [9.17, 15) is 14.6 Å². The summed E-state index contributed by atoms with van der Waals surface area (Å²) in [5.41, 5.74) is 13.2. The van der Waals surface area contributed by atoms with Crippen LogP contribution in [0.3, 0.4) is 0 Å². The van der Waals surface area contributed by atoms with Crippen LogP contribution in [0.1, 0.15) is 67.8 Å². The van der Waals surface area contributed by atoms with Gasteiger partial charge in [-0.25, -0.2) is 0 Å². The number of ketones is 2. The van der Waals surface area contributed by atoms with Gasteiger partial charge in [-0.3, -0.25) is 9.59 Å². The van der Waals surface area contributed by atoms with Crippen LogP contribution in [0.25, 0.3) is 0 Å². The van der Waals surface area contributed by atoms with Crippen molar-refractivity contribution < 1.29 is 19.3 Å². The smallest absolute Gasteiger partial charge is 0.526 e. The largest absolute Gasteiger partial charge is 0.535 e. The van der Waals surface area contributed by atoms with Gasteiger partial charge in [0.1, 0.15) is 11.5 Å². The molecular formula is C22H33BN2O4. The number of benzene rings is 1. The molecular weight excluding hydrogens is 367 g/mol. The quantitative estimate of drug-likeness (QED) is 0.456. The van der Waals surface area contributed by atoms with Crippen molar-refractivity contribution in [1.82, 2.24) is 0 Å². The highest BCUT2D eigenvalue weighted by molar-refractivity contribution is 6.47. The van der Waals surface area contributed by atoms with E-state index in [0.29, 0.717) is 49.0 Å². The Hall–Kier alpha value is -1.70. The highest BCUT2D eigenvalue weighted by Crippen LogP contribution is 2.38. The molecule has 1 saturated carbocycles. The van der Waals surface area contributed by atoms with Gasteiger partial charge in [-0.1, -0.05) is 12.1 Å². The van der Waals surface area contributed by atoms with Gasteiger partial charge in [0, 0.05) is 24.7 Å². The molecule has 1 heterocycles. The Kier molecular flexibility index (Phi) is 7.49. The van der Waals surface area contributed by atoms with Gasteiger partial charge in [0.25, 0.3) is 0 Å². The molecule has 0 spiro atoms. The van der Waals surface area contributed by atoms with E-state index in [1.165, 1.54) is 6.92 Å². The van der Waals surface area contributed by atoms with E-state index in [1.54, 1.807) is 6.07 Å². The molecule has 0 amide bonds. The number of Topliss-reactive ketones (excluding diaryl/α,β-unsaturated/α-hetero) is 2. The molecule has 29 heavy (non-hydrogen) atoms. The normalized spacial score (nSPS) is 25.1. The van der Waals surface area contributed by atoms with E-state index in [1.807, 2.05) is 12.1 Å². The van der Waals surface area contributed by atoms with E-state index in [-0.39, 0.29) is 23.4 Å². The van der Waals surface area contributed by atoms with Crippen molar-refractivity contribution in [3.05, 3.63) is 29.3 Å². The van der Waals surface area contributed by atoms with Crippen LogP contribution in [-0.4, -0.2) is 36.3 Å². The summed E-state index contributed by atoms with van der Waals surface area (Å²) in [4.78, 5) is 24.4. The van der Waals surface area contributed by atoms with Crippen molar-refractivity contribution in [3.63, 3.8) is 0 Å². The van der Waals surface area contributed by atoms with Crippen molar-refractivity contribution in [2.45, 2.75) is 70.1 Å². The molecule has 2 atom stereocenters. The Balaban J connectivity index is 1.52. The third-order valence-electron chi connectivity index (χ3n) is 6.60. The molecule has 0 saturated heterocycles. The minimum atomic E-state index is -1.06. The van der Waals surface area contributed by atoms with Crippen molar-refractivity contribution in [2.24, 2.45) is 23.3 Å². The van der Waals surface area contributed by atoms with Crippen LogP contribution in [0, 0.1) is 11.8 Å². The first-order valence-corrected chi connectivity index (χ1v) is 10.8. The number of fused-ring (bicyclic) bond motifs is 1. The van der Waals surface area contributed by atoms with Crippen LogP contribution in [0.15, 0.2) is 18.2 Å². The molecule has 0 unspecified atom stereocenters. The molecule has 3 rings (SSSR count). The fourth-order valence-electron chi connectivity index (χ4n) is 4.88. The Labute approximate surface area is 173 Å². The molecule has 158 valence electrons. The standard InChI is InChI=1S/C22H33BN2O4/c1-14(26)20-4-2-3-17-12-18(23(28)29-22(17)20)13-19(27)11-15-5-7-16(8-6-15)21(25)9-10-24/h2-4,15-16,18,21,28H,5-13,24-25H2,1H3/t15?,16?,18-,21-/m1/s1. The Morgan fingerprint density at radius 3 is 2.62 bits per heavy atom. The number of hydrogen-bond donors (Lipinski definition) is 3. The molecule has 0 radical (unpaired) electrons. The number of hydrogen-bond acceptors (Lipinski definition) is 6. The second-order valence-electron chi connectivity index (χ2n) is 8.79. The SMILES string of the molecule is CC(=O)c1cccc2c1OB(O)[C@@H](CC(=O)CC1CCC([C@H](N)CCN)CC1)C2. The van der Waals surface area contributed by atoms with Crippen LogP contribution >= 0.6 is 0 Å². The molecule has 1 fully saturated rings. The summed E-state index contributed by atoms with van der Waals surface area (Å²) < 4.78 is 5.65. The maximum atomic E-state index is 12.7. The van der Waals surface area contributed by atoms with Crippen molar-refractivity contribution in [2.75, 3.05) is 6.54 Å². The number of carbonyl (C=O) groups excluding carboxylic acids is 2. The molecule has 7 heteroatoms. The molecule has 1 aliphatic carbocycles. The van der Waals surface area contributed by atoms with Gasteiger partial charge in [0.05, 0.1) is 5.56 Å². The van der Waals surface area contributed by atoms with Gasteiger partial charge >= 0.3 is 7.12 Å². The predicted molar refractivity (Wildman–Crippen MR) is 114 cm³/mol. The number of para-hydroxylation sites is 1. The van der Waals surface area contributed by atoms with Gasteiger partial charge in [0.15, 0.2) is 5.78 Å². The topological polar surface area (TPSA) is 116 Å². The number of rotatable bonds is 8. The molecule has 0 bridgehead atoms. The first kappa shape index (κ1) is 22.0. The summed E-state index contributed by atoms with van der Waals surface area (Å²) in [5.74, 6) is 1.20. The summed E-state index contributed by atoms with van der Waals surface area (Å²) in [6, 6.07) is 5.60. The fourth-order valence-corrected chi connectivity index (χ4v) is 4.88. The first-order chi connectivity index (χ1) is 13.9. The molecule has 1 aliphatic heterocycles. The lowest BCUT2D eigenvalue weighted by atomic mass is 9.64. The van der Waals surface area contributed by atoms with E-state index < -0.39 is 7.12 Å². The fraction of sp³-hybridized carbons (Fsp3) is 0.636. The summed E-state index contributed by atoms with van der Waals surface area (Å²) in [7, 11) is -1.06. The molecule has 2 aliphatic rings. The lowest BCUT2D eigenvalue weighted by molar-refractivity contribution is -0.120. The van der Waals surface area contributed by atoms with E-state index in [0.717, 1.165) is 37.7 Å². The summed E-state index contributed by atoms with van der Waals surface area (Å²) in [5, 5.41) is 10.4. The molecule has 1 aromatic rings. The average molecular weight is 400 g/mol. The zero-order valence-electron chi connectivity index (χ0n) is 17.3. The minimum absolute atomic E-state index is 0.0923. The summed E-state index contributed by atoms with van der Waals surface area (Å²) in [6.07, 6.45) is 6.46. The molecule has 5 N–H and O–H groups in total. The number of nitrogens with two attached hydrogens (primary N) is 2. The maximum Gasteiger partial charge on any atom is 0.526 e. The van der Waals surface area contributed by atoms with Gasteiger partial charge in [-0.15, -0.1) is 0 Å². The minimum Gasteiger partial charge on any atom is -0.535 e. The van der Waals surface area contributed by atoms with Crippen LogP contribution in [0.2, 0.25) is 5.82 Å². The van der Waals surface area contributed by atoms with Gasteiger partial charge in [0.2, 0.25) is 0 Å². The Morgan fingerprint density at radius 2 is 1.97 bits per heavy atom. The van der Waals surface area contributed by atoms with Crippen molar-refractivity contribution in [3.8, 4) is 5.75 Å². The monoisotopic (exact) mass is 400 g/mol. The van der Waals surface area contributed by atoms with Crippen LogP contribution < -0.4 is 16.1 Å². The third-order valence-corrected chi connectivity index (χ3v) is 6.60. The second-order valence-corrected chi connectivity index (χ2v) is 8.79. The Morgan fingerprint density at radius 1 is 1.24 bits per heavy atom. The van der Waals surface area contributed by atoms with E-state index in [2.05, 4.69) is 0 Å². The highest BCUT2D eigenvalue weighted by Gasteiger charge is 2.38. The zero-order chi connectivity index (χ0) is 21.0. The van der Waals surface area contributed by atoms with E-state index in [4.69, 9.17) is 16.1 Å². The van der Waals surface area contributed by atoms with Crippen molar-refractivity contribution >= 4 is 18.7 Å². The van der Waals surface area contributed by atoms with Gasteiger partial charge in [-0.05, 0) is 75.5 Å². The maximum absolute atomic E-state index is 12.7. The molecule has 0 aromatic heterocycles. The van der Waals surface area contributed by atoms with Crippen LogP contribution in [-0.2, 0) is 11.2 Å². The lowest BCUT2D eigenvalue weighted by Crippen LogP contribution is -2.36. The summed E-state index contributed by atoms with van der Waals surface area (Å²) in [6.45, 7) is 2.11. The number of carbonyl (C=O) groups is 2. The van der Waals surface area contributed by atoms with Crippen LogP contribution in [0.5, 0.6) is 5.75 Å². The van der Waals surface area contributed by atoms with E-state index >= 15 is 0 Å².